The van der Waals surface area contributed by atoms with E-state index in [4.69, 9.17) is 11.6 Å². The Kier molecular flexibility index (Phi) is 4.29. The molecule has 1 saturated carbocycles. The first-order valence-electron chi connectivity index (χ1n) is 7.64. The van der Waals surface area contributed by atoms with Gasteiger partial charge in [-0.3, -0.25) is 4.79 Å². The predicted octanol–water partition coefficient (Wildman–Crippen LogP) is 2.36. The van der Waals surface area contributed by atoms with E-state index in [9.17, 15) is 4.79 Å². The maximum atomic E-state index is 12.3. The summed E-state index contributed by atoms with van der Waals surface area (Å²) in [5.74, 6) is 1.35. The van der Waals surface area contributed by atoms with Gasteiger partial charge in [-0.25, -0.2) is 9.97 Å². The second-order valence-electron chi connectivity index (χ2n) is 6.00. The lowest BCUT2D eigenvalue weighted by atomic mass is 9.84. The molecule has 5 nitrogen and oxygen atoms in total. The van der Waals surface area contributed by atoms with E-state index in [2.05, 4.69) is 14.9 Å². The number of anilines is 1. The monoisotopic (exact) mass is 308 g/mol. The van der Waals surface area contributed by atoms with Gasteiger partial charge in [0.2, 0.25) is 11.9 Å². The molecule has 0 spiro atoms. The number of hydrogen-bond donors (Lipinski definition) is 0. The minimum absolute atomic E-state index is 0.285. The third-order valence-corrected chi connectivity index (χ3v) is 4.90. The summed E-state index contributed by atoms with van der Waals surface area (Å²) in [5.41, 5.74) is 0. The van der Waals surface area contributed by atoms with Crippen LogP contribution in [0.4, 0.5) is 5.95 Å². The summed E-state index contributed by atoms with van der Waals surface area (Å²) in [6.45, 7) is 1.77. The van der Waals surface area contributed by atoms with Crippen LogP contribution >= 0.6 is 11.6 Å². The molecule has 0 aromatic carbocycles. The van der Waals surface area contributed by atoms with Crippen LogP contribution in [0.15, 0.2) is 12.4 Å². The SMILES string of the molecule is CN(C(=O)C1CCC1)C1CCN(c2ncc(Cl)cn2)CC1. The maximum Gasteiger partial charge on any atom is 0.225 e. The molecule has 1 aromatic heterocycles. The van der Waals surface area contributed by atoms with Crippen molar-refractivity contribution in [3.63, 3.8) is 0 Å². The molecule has 0 bridgehead atoms. The van der Waals surface area contributed by atoms with Crippen molar-refractivity contribution >= 4 is 23.5 Å². The summed E-state index contributed by atoms with van der Waals surface area (Å²) in [6, 6.07) is 0.349. The number of halogens is 1. The van der Waals surface area contributed by atoms with Gasteiger partial charge in [-0.15, -0.1) is 0 Å². The van der Waals surface area contributed by atoms with Crippen molar-refractivity contribution in [2.24, 2.45) is 5.92 Å². The summed E-state index contributed by atoms with van der Waals surface area (Å²) in [5, 5.41) is 0.555. The first-order chi connectivity index (χ1) is 10.1. The highest BCUT2D eigenvalue weighted by Crippen LogP contribution is 2.30. The smallest absolute Gasteiger partial charge is 0.225 e. The fourth-order valence-electron chi connectivity index (χ4n) is 3.05. The summed E-state index contributed by atoms with van der Waals surface area (Å²) >= 11 is 5.81. The van der Waals surface area contributed by atoms with Crippen LogP contribution in [-0.2, 0) is 4.79 Å². The standard InChI is InChI=1S/C15H21ClN4O/c1-19(14(21)11-3-2-4-11)13-5-7-20(8-6-13)15-17-9-12(16)10-18-15/h9-11,13H,2-8H2,1H3. The van der Waals surface area contributed by atoms with Crippen LogP contribution in [0.2, 0.25) is 5.02 Å². The molecule has 2 aliphatic rings. The number of hydrogen-bond acceptors (Lipinski definition) is 4. The molecular formula is C15H21ClN4O. The Balaban J connectivity index is 1.54. The molecule has 6 heteroatoms. The van der Waals surface area contributed by atoms with Gasteiger partial charge < -0.3 is 9.80 Å². The Hall–Kier alpha value is -1.36. The van der Waals surface area contributed by atoms with E-state index in [0.29, 0.717) is 17.0 Å². The van der Waals surface area contributed by atoms with Crippen molar-refractivity contribution in [2.45, 2.75) is 38.1 Å². The Morgan fingerprint density at radius 2 is 1.86 bits per heavy atom. The molecule has 0 radical (unpaired) electrons. The highest BCUT2D eigenvalue weighted by atomic mass is 35.5. The third kappa shape index (κ3) is 3.12. The van der Waals surface area contributed by atoms with E-state index in [0.717, 1.165) is 44.7 Å². The minimum atomic E-state index is 0.285. The first-order valence-corrected chi connectivity index (χ1v) is 8.02. The van der Waals surface area contributed by atoms with E-state index >= 15 is 0 Å². The van der Waals surface area contributed by atoms with E-state index < -0.39 is 0 Å². The van der Waals surface area contributed by atoms with Crippen molar-refractivity contribution in [1.82, 2.24) is 14.9 Å². The van der Waals surface area contributed by atoms with Crippen molar-refractivity contribution in [2.75, 3.05) is 25.0 Å². The molecule has 1 aliphatic carbocycles. The molecule has 1 aromatic rings. The highest BCUT2D eigenvalue weighted by molar-refractivity contribution is 6.30. The average Bonchev–Trinajstić information content (AvgIpc) is 2.46. The topological polar surface area (TPSA) is 49.3 Å². The van der Waals surface area contributed by atoms with Crippen molar-refractivity contribution in [3.8, 4) is 0 Å². The zero-order chi connectivity index (χ0) is 14.8. The summed E-state index contributed by atoms with van der Waals surface area (Å²) in [6.07, 6.45) is 8.55. The molecule has 1 saturated heterocycles. The van der Waals surface area contributed by atoms with Gasteiger partial charge in [0.1, 0.15) is 0 Å². The predicted molar refractivity (Wildman–Crippen MR) is 82.4 cm³/mol. The summed E-state index contributed by atoms with van der Waals surface area (Å²) in [7, 11) is 1.96. The van der Waals surface area contributed by atoms with Gasteiger partial charge in [0, 0.05) is 32.1 Å². The largest absolute Gasteiger partial charge is 0.342 e. The molecule has 1 aliphatic heterocycles. The highest BCUT2D eigenvalue weighted by Gasteiger charge is 2.32. The number of carbonyl (C=O) groups excluding carboxylic acids is 1. The first kappa shape index (κ1) is 14.6. The van der Waals surface area contributed by atoms with Gasteiger partial charge >= 0.3 is 0 Å². The van der Waals surface area contributed by atoms with Crippen molar-refractivity contribution in [3.05, 3.63) is 17.4 Å². The second-order valence-corrected chi connectivity index (χ2v) is 6.43. The molecular weight excluding hydrogens is 288 g/mol. The number of rotatable bonds is 3. The maximum absolute atomic E-state index is 12.3. The zero-order valence-electron chi connectivity index (χ0n) is 12.3. The van der Waals surface area contributed by atoms with Gasteiger partial charge in [0.25, 0.3) is 0 Å². The molecule has 1 amide bonds. The molecule has 2 heterocycles. The molecule has 3 rings (SSSR count). The van der Waals surface area contributed by atoms with Crippen LogP contribution in [0.5, 0.6) is 0 Å². The van der Waals surface area contributed by atoms with Crippen molar-refractivity contribution in [1.29, 1.82) is 0 Å². The molecule has 0 unspecified atom stereocenters. The fraction of sp³-hybridized carbons (Fsp3) is 0.667. The summed E-state index contributed by atoms with van der Waals surface area (Å²) in [4.78, 5) is 24.9. The Bertz CT molecular complexity index is 495. The van der Waals surface area contributed by atoms with Crippen LogP contribution in [-0.4, -0.2) is 47.0 Å². The molecule has 114 valence electrons. The second kappa shape index (κ2) is 6.18. The lowest BCUT2D eigenvalue weighted by molar-refractivity contribution is -0.139. The van der Waals surface area contributed by atoms with Crippen LogP contribution < -0.4 is 4.90 Å². The number of piperidine rings is 1. The average molecular weight is 309 g/mol. The lowest BCUT2D eigenvalue weighted by Gasteiger charge is -2.39. The van der Waals surface area contributed by atoms with Crippen LogP contribution in [0, 0.1) is 5.92 Å². The van der Waals surface area contributed by atoms with Gasteiger partial charge in [0.05, 0.1) is 17.4 Å². The third-order valence-electron chi connectivity index (χ3n) is 4.70. The Labute approximate surface area is 130 Å². The van der Waals surface area contributed by atoms with E-state index in [1.54, 1.807) is 12.4 Å². The molecule has 21 heavy (non-hydrogen) atoms. The van der Waals surface area contributed by atoms with E-state index in [1.807, 2.05) is 11.9 Å². The van der Waals surface area contributed by atoms with Gasteiger partial charge in [-0.05, 0) is 25.7 Å². The van der Waals surface area contributed by atoms with Crippen molar-refractivity contribution < 1.29 is 4.79 Å². The lowest BCUT2D eigenvalue weighted by Crippen LogP contribution is -2.48. The molecule has 2 fully saturated rings. The van der Waals surface area contributed by atoms with Crippen LogP contribution in [0.3, 0.4) is 0 Å². The minimum Gasteiger partial charge on any atom is -0.342 e. The van der Waals surface area contributed by atoms with Gasteiger partial charge in [-0.2, -0.15) is 0 Å². The number of carbonyl (C=O) groups is 1. The van der Waals surface area contributed by atoms with E-state index in [1.165, 1.54) is 6.42 Å². The van der Waals surface area contributed by atoms with Crippen LogP contribution in [0.25, 0.3) is 0 Å². The van der Waals surface area contributed by atoms with Crippen LogP contribution in [0.1, 0.15) is 32.1 Å². The Morgan fingerprint density at radius 3 is 2.38 bits per heavy atom. The zero-order valence-corrected chi connectivity index (χ0v) is 13.1. The van der Waals surface area contributed by atoms with Gasteiger partial charge in [-0.1, -0.05) is 18.0 Å². The number of amides is 1. The molecule has 0 N–H and O–H groups in total. The van der Waals surface area contributed by atoms with Gasteiger partial charge in [0.15, 0.2) is 0 Å². The fourth-order valence-corrected chi connectivity index (χ4v) is 3.14. The quantitative estimate of drug-likeness (QED) is 0.860. The Morgan fingerprint density at radius 1 is 1.24 bits per heavy atom. The number of nitrogens with zero attached hydrogens (tertiary/aromatic N) is 4. The number of aromatic nitrogens is 2. The molecule has 0 atom stereocenters. The van der Waals surface area contributed by atoms with E-state index in [-0.39, 0.29) is 5.92 Å². The normalized spacial score (nSPS) is 20.2. The summed E-state index contributed by atoms with van der Waals surface area (Å²) < 4.78 is 0.